The molecule has 3 nitrogen and oxygen atoms in total. The number of aliphatic carboxylic acids is 1. The molecule has 1 aromatic carbocycles. The maximum Gasteiger partial charge on any atom is 0.328 e. The molecule has 0 spiro atoms. The molecule has 0 radical (unpaired) electrons. The summed E-state index contributed by atoms with van der Waals surface area (Å²) in [5.74, 6) is -0.817. The zero-order valence-corrected chi connectivity index (χ0v) is 9.61. The number of hydrogen-bond acceptors (Lipinski definition) is 2. The van der Waals surface area contributed by atoms with Gasteiger partial charge in [0.15, 0.2) is 0 Å². The Morgan fingerprint density at radius 3 is 2.62 bits per heavy atom. The van der Waals surface area contributed by atoms with E-state index in [1.54, 1.807) is 0 Å². The lowest BCUT2D eigenvalue weighted by atomic mass is 9.98. The molecule has 1 atom stereocenters. The lowest BCUT2D eigenvalue weighted by Crippen LogP contribution is -2.24. The first-order valence-electron chi connectivity index (χ1n) is 5.12. The van der Waals surface area contributed by atoms with Gasteiger partial charge in [-0.05, 0) is 24.8 Å². The summed E-state index contributed by atoms with van der Waals surface area (Å²) in [7, 11) is 0. The summed E-state index contributed by atoms with van der Waals surface area (Å²) in [6.07, 6.45) is 2.45. The number of carbonyl (C=O) groups is 1. The minimum atomic E-state index is -0.817. The molecule has 1 aliphatic rings. The maximum absolute atomic E-state index is 10.8. The highest BCUT2D eigenvalue weighted by Crippen LogP contribution is 2.18. The number of halogens is 1. The van der Waals surface area contributed by atoms with Crippen molar-refractivity contribution in [3.8, 4) is 0 Å². The minimum Gasteiger partial charge on any atom is -0.480 e. The minimum absolute atomic E-state index is 0. The lowest BCUT2D eigenvalue weighted by molar-refractivity contribution is -0.138. The molecular weight excluding hydrogens is 226 g/mol. The van der Waals surface area contributed by atoms with E-state index >= 15 is 0 Å². The van der Waals surface area contributed by atoms with Gasteiger partial charge in [0.25, 0.3) is 0 Å². The Morgan fingerprint density at radius 1 is 1.31 bits per heavy atom. The van der Waals surface area contributed by atoms with Crippen LogP contribution >= 0.6 is 12.4 Å². The summed E-state index contributed by atoms with van der Waals surface area (Å²) in [5.41, 5.74) is 1.97. The van der Waals surface area contributed by atoms with Crippen LogP contribution in [0.1, 0.15) is 24.8 Å². The molecule has 16 heavy (non-hydrogen) atoms. The molecule has 1 aromatic rings. The second-order valence-corrected chi connectivity index (χ2v) is 3.69. The van der Waals surface area contributed by atoms with E-state index in [-0.39, 0.29) is 12.4 Å². The molecule has 4 heteroatoms. The van der Waals surface area contributed by atoms with Crippen LogP contribution in [0.2, 0.25) is 0 Å². The van der Waals surface area contributed by atoms with Gasteiger partial charge in [0, 0.05) is 5.71 Å². The van der Waals surface area contributed by atoms with E-state index in [2.05, 4.69) is 4.99 Å². The summed E-state index contributed by atoms with van der Waals surface area (Å²) in [5, 5.41) is 8.90. The Hall–Kier alpha value is -1.35. The van der Waals surface area contributed by atoms with Gasteiger partial charge in [0.1, 0.15) is 6.04 Å². The van der Waals surface area contributed by atoms with E-state index in [1.165, 1.54) is 0 Å². The molecule has 2 rings (SSSR count). The summed E-state index contributed by atoms with van der Waals surface area (Å²) < 4.78 is 0. The molecule has 0 saturated carbocycles. The molecule has 1 N–H and O–H groups in total. The van der Waals surface area contributed by atoms with E-state index in [0.29, 0.717) is 6.42 Å². The van der Waals surface area contributed by atoms with E-state index in [4.69, 9.17) is 5.11 Å². The summed E-state index contributed by atoms with van der Waals surface area (Å²) in [4.78, 5) is 15.1. The summed E-state index contributed by atoms with van der Waals surface area (Å²) >= 11 is 0. The van der Waals surface area contributed by atoms with Crippen LogP contribution in [0, 0.1) is 0 Å². The highest BCUT2D eigenvalue weighted by Gasteiger charge is 2.21. The molecule has 0 aromatic heterocycles. The van der Waals surface area contributed by atoms with Crippen molar-refractivity contribution < 1.29 is 9.90 Å². The molecular formula is C12H14ClNO2. The average molecular weight is 240 g/mol. The SMILES string of the molecule is Cl.O=C(O)C1CCCC(c2ccccc2)=N1. The number of aliphatic imine (C=N–C) groups is 1. The number of hydrogen-bond donors (Lipinski definition) is 1. The molecule has 0 saturated heterocycles. The largest absolute Gasteiger partial charge is 0.480 e. The first-order valence-corrected chi connectivity index (χ1v) is 5.12. The third-order valence-electron chi connectivity index (χ3n) is 2.59. The van der Waals surface area contributed by atoms with Gasteiger partial charge in [-0.25, -0.2) is 4.79 Å². The summed E-state index contributed by atoms with van der Waals surface area (Å²) in [6, 6.07) is 9.24. The number of nitrogens with zero attached hydrogens (tertiary/aromatic N) is 1. The molecule has 1 aliphatic heterocycles. The zero-order chi connectivity index (χ0) is 10.7. The third kappa shape index (κ3) is 2.83. The number of carboxylic acid groups (broad SMARTS) is 1. The normalized spacial score (nSPS) is 19.5. The summed E-state index contributed by atoms with van der Waals surface area (Å²) in [6.45, 7) is 0. The highest BCUT2D eigenvalue weighted by molar-refractivity contribution is 6.02. The molecule has 0 amide bonds. The Kier molecular flexibility index (Phi) is 4.50. The number of rotatable bonds is 2. The zero-order valence-electron chi connectivity index (χ0n) is 8.80. The van der Waals surface area contributed by atoms with Crippen LogP contribution < -0.4 is 0 Å². The maximum atomic E-state index is 10.8. The Labute approximate surface area is 101 Å². The molecule has 1 heterocycles. The third-order valence-corrected chi connectivity index (χ3v) is 2.59. The van der Waals surface area contributed by atoms with Crippen LogP contribution in [0.3, 0.4) is 0 Å². The fraction of sp³-hybridized carbons (Fsp3) is 0.333. The Bertz CT molecular complexity index is 389. The smallest absolute Gasteiger partial charge is 0.328 e. The molecule has 0 fully saturated rings. The first kappa shape index (κ1) is 12.7. The van der Waals surface area contributed by atoms with Gasteiger partial charge in [-0.3, -0.25) is 4.99 Å². The predicted molar refractivity (Wildman–Crippen MR) is 65.5 cm³/mol. The quantitative estimate of drug-likeness (QED) is 0.862. The topological polar surface area (TPSA) is 49.7 Å². The van der Waals surface area contributed by atoms with Crippen LogP contribution in [0.15, 0.2) is 35.3 Å². The fourth-order valence-electron chi connectivity index (χ4n) is 1.81. The van der Waals surface area contributed by atoms with Crippen LogP contribution in [-0.4, -0.2) is 22.8 Å². The fourth-order valence-corrected chi connectivity index (χ4v) is 1.81. The van der Waals surface area contributed by atoms with Crippen molar-refractivity contribution in [1.29, 1.82) is 0 Å². The van der Waals surface area contributed by atoms with Gasteiger partial charge in [-0.2, -0.15) is 0 Å². The van der Waals surface area contributed by atoms with Crippen molar-refractivity contribution in [1.82, 2.24) is 0 Å². The van der Waals surface area contributed by atoms with Crippen LogP contribution in [0.4, 0.5) is 0 Å². The Morgan fingerprint density at radius 2 is 2.00 bits per heavy atom. The van der Waals surface area contributed by atoms with Gasteiger partial charge in [0.05, 0.1) is 0 Å². The van der Waals surface area contributed by atoms with Gasteiger partial charge >= 0.3 is 5.97 Å². The van der Waals surface area contributed by atoms with Crippen LogP contribution in [0.5, 0.6) is 0 Å². The van der Waals surface area contributed by atoms with Crippen molar-refractivity contribution in [2.45, 2.75) is 25.3 Å². The van der Waals surface area contributed by atoms with Crippen LogP contribution in [-0.2, 0) is 4.79 Å². The van der Waals surface area contributed by atoms with E-state index in [9.17, 15) is 4.79 Å². The Balaban J connectivity index is 0.00000128. The monoisotopic (exact) mass is 239 g/mol. The standard InChI is InChI=1S/C12H13NO2.ClH/c14-12(15)11-8-4-7-10(13-11)9-5-2-1-3-6-9;/h1-3,5-6,11H,4,7-8H2,(H,14,15);1H. The van der Waals surface area contributed by atoms with E-state index in [1.807, 2.05) is 30.3 Å². The second-order valence-electron chi connectivity index (χ2n) is 3.69. The van der Waals surface area contributed by atoms with Gasteiger partial charge in [0.2, 0.25) is 0 Å². The van der Waals surface area contributed by atoms with Crippen molar-refractivity contribution >= 4 is 24.1 Å². The molecule has 0 aliphatic carbocycles. The predicted octanol–water partition coefficient (Wildman–Crippen LogP) is 2.53. The van der Waals surface area contributed by atoms with Crippen LogP contribution in [0.25, 0.3) is 0 Å². The van der Waals surface area contributed by atoms with Crippen molar-refractivity contribution in [2.24, 2.45) is 4.99 Å². The lowest BCUT2D eigenvalue weighted by Gasteiger charge is -2.17. The van der Waals surface area contributed by atoms with Crippen molar-refractivity contribution in [3.05, 3.63) is 35.9 Å². The van der Waals surface area contributed by atoms with Gasteiger partial charge in [-0.15, -0.1) is 12.4 Å². The van der Waals surface area contributed by atoms with Crippen molar-refractivity contribution in [2.75, 3.05) is 0 Å². The molecule has 0 bridgehead atoms. The number of benzene rings is 1. The molecule has 86 valence electrons. The van der Waals surface area contributed by atoms with Gasteiger partial charge in [-0.1, -0.05) is 30.3 Å². The average Bonchev–Trinajstić information content (AvgIpc) is 2.30. The second kappa shape index (κ2) is 5.66. The van der Waals surface area contributed by atoms with E-state index < -0.39 is 12.0 Å². The number of carboxylic acids is 1. The van der Waals surface area contributed by atoms with Crippen molar-refractivity contribution in [3.63, 3.8) is 0 Å². The van der Waals surface area contributed by atoms with E-state index in [0.717, 1.165) is 24.1 Å². The molecule has 1 unspecified atom stereocenters. The highest BCUT2D eigenvalue weighted by atomic mass is 35.5. The first-order chi connectivity index (χ1) is 7.27. The van der Waals surface area contributed by atoms with Gasteiger partial charge < -0.3 is 5.11 Å².